The van der Waals surface area contributed by atoms with Gasteiger partial charge in [0.25, 0.3) is 0 Å². The topological polar surface area (TPSA) is 69.4 Å². The van der Waals surface area contributed by atoms with E-state index < -0.39 is 0 Å². The maximum Gasteiger partial charge on any atom is 0.191 e. The highest BCUT2D eigenvalue weighted by molar-refractivity contribution is 9.10. The first kappa shape index (κ1) is 10.5. The predicted octanol–water partition coefficient (Wildman–Crippen LogP) is 1.51. The lowest BCUT2D eigenvalue weighted by molar-refractivity contribution is 0.160. The number of aromatic amines is 1. The van der Waals surface area contributed by atoms with Crippen LogP contribution in [-0.2, 0) is 0 Å². The molecule has 4 heterocycles. The van der Waals surface area contributed by atoms with Crippen LogP contribution in [0.4, 0.5) is 0 Å². The van der Waals surface area contributed by atoms with Crippen LogP contribution in [0.5, 0.6) is 0 Å². The van der Waals surface area contributed by atoms with E-state index in [0.717, 1.165) is 35.3 Å². The van der Waals surface area contributed by atoms with Crippen LogP contribution in [0, 0.1) is 0 Å². The van der Waals surface area contributed by atoms with Gasteiger partial charge >= 0.3 is 0 Å². The number of fused-ring (bicyclic) bond motifs is 2. The molecule has 18 heavy (non-hydrogen) atoms. The number of aromatic nitrogens is 1. The van der Waals surface area contributed by atoms with Crippen LogP contribution < -0.4 is 11.1 Å². The van der Waals surface area contributed by atoms with Gasteiger partial charge in [-0.3, -0.25) is 0 Å². The van der Waals surface area contributed by atoms with Crippen LogP contribution in [-0.4, -0.2) is 28.1 Å². The summed E-state index contributed by atoms with van der Waals surface area (Å²) in [5, 5.41) is 3.38. The number of H-pyrrole nitrogens is 1. The summed E-state index contributed by atoms with van der Waals surface area (Å²) in [7, 11) is 0. The predicted molar refractivity (Wildman–Crippen MR) is 73.7 cm³/mol. The summed E-state index contributed by atoms with van der Waals surface area (Å²) < 4.78 is 1.05. The fourth-order valence-corrected chi connectivity index (χ4v) is 4.08. The van der Waals surface area contributed by atoms with Gasteiger partial charge in [-0.25, -0.2) is 4.99 Å². The molecule has 1 fully saturated rings. The first-order valence-corrected chi connectivity index (χ1v) is 6.88. The summed E-state index contributed by atoms with van der Waals surface area (Å²) in [4.78, 5) is 10.2. The monoisotopic (exact) mass is 307 g/mol. The molecule has 5 nitrogen and oxygen atoms in total. The van der Waals surface area contributed by atoms with Gasteiger partial charge in [-0.15, -0.1) is 0 Å². The molecular formula is C12H14BrN5. The SMILES string of the molecule is C=C1c2[nH]cc(Br)c2[C@H]2N=C(N)N[C@]23CCCN13. The molecule has 0 bridgehead atoms. The number of halogens is 1. The molecule has 0 unspecified atom stereocenters. The van der Waals surface area contributed by atoms with E-state index in [0.29, 0.717) is 5.96 Å². The van der Waals surface area contributed by atoms with E-state index in [4.69, 9.17) is 5.73 Å². The van der Waals surface area contributed by atoms with Crippen LogP contribution in [0.25, 0.3) is 5.70 Å². The highest BCUT2D eigenvalue weighted by atomic mass is 79.9. The maximum absolute atomic E-state index is 5.92. The lowest BCUT2D eigenvalue weighted by Gasteiger charge is -2.45. The molecule has 4 rings (SSSR count). The zero-order valence-corrected chi connectivity index (χ0v) is 11.4. The Labute approximate surface area is 113 Å². The molecule has 3 aliphatic rings. The van der Waals surface area contributed by atoms with Crippen molar-refractivity contribution in [2.24, 2.45) is 10.7 Å². The van der Waals surface area contributed by atoms with E-state index in [1.807, 2.05) is 6.20 Å². The first-order chi connectivity index (χ1) is 8.63. The lowest BCUT2D eigenvalue weighted by atomic mass is 9.87. The second kappa shape index (κ2) is 3.12. The summed E-state index contributed by atoms with van der Waals surface area (Å²) in [5.74, 6) is 0.528. The van der Waals surface area contributed by atoms with Crippen molar-refractivity contribution in [3.8, 4) is 0 Å². The van der Waals surface area contributed by atoms with E-state index >= 15 is 0 Å². The lowest BCUT2D eigenvalue weighted by Crippen LogP contribution is -2.58. The van der Waals surface area contributed by atoms with Crippen molar-refractivity contribution < 1.29 is 0 Å². The smallest absolute Gasteiger partial charge is 0.191 e. The van der Waals surface area contributed by atoms with Gasteiger partial charge in [-0.1, -0.05) is 6.58 Å². The highest BCUT2D eigenvalue weighted by Gasteiger charge is 2.56. The van der Waals surface area contributed by atoms with Crippen molar-refractivity contribution in [3.05, 3.63) is 28.5 Å². The molecule has 1 aromatic rings. The minimum atomic E-state index is -0.196. The molecule has 0 aliphatic carbocycles. The molecule has 0 amide bonds. The molecule has 94 valence electrons. The molecule has 3 aliphatic heterocycles. The van der Waals surface area contributed by atoms with Crippen LogP contribution in [0.1, 0.15) is 30.1 Å². The summed E-state index contributed by atoms with van der Waals surface area (Å²) >= 11 is 3.60. The van der Waals surface area contributed by atoms with E-state index in [-0.39, 0.29) is 11.7 Å². The van der Waals surface area contributed by atoms with Crippen molar-refractivity contribution >= 4 is 27.6 Å². The standard InChI is InChI=1S/C12H14BrN5/c1-6-9-8(7(13)5-15-9)10-12(17-11(14)16-10)3-2-4-18(6)12/h5,10,15H,1-4H2,(H3,14,16,17)/t10-,12+/m1/s1. The zero-order chi connectivity index (χ0) is 12.5. The third kappa shape index (κ3) is 1.01. The van der Waals surface area contributed by atoms with Gasteiger partial charge in [0.15, 0.2) is 5.96 Å². The van der Waals surface area contributed by atoms with Gasteiger partial charge in [0.2, 0.25) is 0 Å². The minimum absolute atomic E-state index is 0.0427. The minimum Gasteiger partial charge on any atom is -0.370 e. The first-order valence-electron chi connectivity index (χ1n) is 6.08. The Kier molecular flexibility index (Phi) is 1.82. The summed E-state index contributed by atoms with van der Waals surface area (Å²) in [5.41, 5.74) is 9.00. The molecule has 4 N–H and O–H groups in total. The molecule has 1 aromatic heterocycles. The quantitative estimate of drug-likeness (QED) is 0.680. The maximum atomic E-state index is 5.92. The van der Waals surface area contributed by atoms with Gasteiger partial charge in [0.05, 0.1) is 11.4 Å². The summed E-state index contributed by atoms with van der Waals surface area (Å²) in [6.07, 6.45) is 4.13. The van der Waals surface area contributed by atoms with Crippen molar-refractivity contribution in [2.75, 3.05) is 6.54 Å². The zero-order valence-electron chi connectivity index (χ0n) is 9.83. The number of nitrogens with one attached hydrogen (secondary N) is 2. The average molecular weight is 308 g/mol. The number of guanidine groups is 1. The molecule has 1 saturated heterocycles. The average Bonchev–Trinajstić information content (AvgIpc) is 2.97. The van der Waals surface area contributed by atoms with Gasteiger partial charge in [0, 0.05) is 22.8 Å². The summed E-state index contributed by atoms with van der Waals surface area (Å²) in [6.45, 7) is 5.24. The van der Waals surface area contributed by atoms with Crippen molar-refractivity contribution in [2.45, 2.75) is 24.5 Å². The highest BCUT2D eigenvalue weighted by Crippen LogP contribution is 2.53. The van der Waals surface area contributed by atoms with Crippen molar-refractivity contribution in [1.82, 2.24) is 15.2 Å². The number of nitrogens with two attached hydrogens (primary N) is 1. The number of hydrogen-bond donors (Lipinski definition) is 3. The van der Waals surface area contributed by atoms with Gasteiger partial charge in [-0.2, -0.15) is 0 Å². The van der Waals surface area contributed by atoms with E-state index in [9.17, 15) is 0 Å². The Bertz CT molecular complexity index is 589. The largest absolute Gasteiger partial charge is 0.370 e. The summed E-state index contributed by atoms with van der Waals surface area (Å²) in [6, 6.07) is 0.0427. The number of hydrogen-bond acceptors (Lipinski definition) is 4. The Hall–Kier alpha value is -1.43. The van der Waals surface area contributed by atoms with Crippen LogP contribution >= 0.6 is 15.9 Å². The van der Waals surface area contributed by atoms with Gasteiger partial charge < -0.3 is 20.9 Å². The molecule has 1 spiro atoms. The fourth-order valence-electron chi connectivity index (χ4n) is 3.55. The number of aliphatic imine (C=N–C) groups is 1. The second-order valence-electron chi connectivity index (χ2n) is 5.09. The third-order valence-electron chi connectivity index (χ3n) is 4.24. The van der Waals surface area contributed by atoms with Gasteiger partial charge in [-0.05, 0) is 28.8 Å². The van der Waals surface area contributed by atoms with Gasteiger partial charge in [0.1, 0.15) is 11.7 Å². The van der Waals surface area contributed by atoms with Crippen molar-refractivity contribution in [3.63, 3.8) is 0 Å². The van der Waals surface area contributed by atoms with E-state index in [1.165, 1.54) is 5.56 Å². The van der Waals surface area contributed by atoms with Crippen LogP contribution in [0.15, 0.2) is 22.2 Å². The molecule has 6 heteroatoms. The van der Waals surface area contributed by atoms with E-state index in [1.54, 1.807) is 0 Å². The van der Waals surface area contributed by atoms with Crippen LogP contribution in [0.3, 0.4) is 0 Å². The Morgan fingerprint density at radius 2 is 2.44 bits per heavy atom. The molecule has 0 radical (unpaired) electrons. The molecular weight excluding hydrogens is 294 g/mol. The molecule has 2 atom stereocenters. The Morgan fingerprint density at radius 1 is 1.61 bits per heavy atom. The van der Waals surface area contributed by atoms with Crippen molar-refractivity contribution in [1.29, 1.82) is 0 Å². The normalized spacial score (nSPS) is 32.7. The molecule has 0 aromatic carbocycles. The Morgan fingerprint density at radius 3 is 3.28 bits per heavy atom. The fraction of sp³-hybridized carbons (Fsp3) is 0.417. The number of rotatable bonds is 0. The molecule has 0 saturated carbocycles. The second-order valence-corrected chi connectivity index (χ2v) is 5.95. The Balaban J connectivity index is 1.99. The van der Waals surface area contributed by atoms with Crippen LogP contribution in [0.2, 0.25) is 0 Å². The van der Waals surface area contributed by atoms with E-state index in [2.05, 4.69) is 42.7 Å². The number of nitrogens with zero attached hydrogens (tertiary/aromatic N) is 2. The third-order valence-corrected chi connectivity index (χ3v) is 4.90.